The highest BCUT2D eigenvalue weighted by molar-refractivity contribution is 7.93. The Bertz CT molecular complexity index is 2590. The molecule has 6 aliphatic rings. The summed E-state index contributed by atoms with van der Waals surface area (Å²) in [6.07, 6.45) is 4.82. The van der Waals surface area contributed by atoms with E-state index in [1.807, 2.05) is 0 Å². The maximum atomic E-state index is 16.3. The number of nitrogens with zero attached hydrogens (tertiary/aromatic N) is 4. The van der Waals surface area contributed by atoms with Crippen molar-refractivity contribution in [2.24, 2.45) is 22.7 Å². The lowest BCUT2D eigenvalue weighted by Gasteiger charge is -2.63. The van der Waals surface area contributed by atoms with Crippen LogP contribution in [0.4, 0.5) is 10.1 Å². The number of piperazine rings is 1. The molecule has 0 aromatic heterocycles. The minimum absolute atomic E-state index is 0.00588. The molecular weight excluding hydrogens is 909 g/mol. The molecule has 9 rings (SSSR count). The van der Waals surface area contributed by atoms with Gasteiger partial charge < -0.3 is 29.9 Å². The molecule has 3 saturated heterocycles. The number of halogens is 2. The molecule has 5 N–H and O–H groups in total. The highest BCUT2D eigenvalue weighted by Gasteiger charge is 2.64. The van der Waals surface area contributed by atoms with Crippen molar-refractivity contribution in [1.29, 1.82) is 5.26 Å². The van der Waals surface area contributed by atoms with Gasteiger partial charge in [-0.3, -0.25) is 29.8 Å². The summed E-state index contributed by atoms with van der Waals surface area (Å²) in [4.78, 5) is 33.0. The van der Waals surface area contributed by atoms with Crippen molar-refractivity contribution < 1.29 is 31.9 Å². The molecule has 2 unspecified atom stereocenters. The molecule has 4 aliphatic heterocycles. The average Bonchev–Trinajstić information content (AvgIpc) is 4.08. The van der Waals surface area contributed by atoms with Gasteiger partial charge in [-0.1, -0.05) is 51.4 Å². The first-order valence-electron chi connectivity index (χ1n) is 23.9. The zero-order valence-electron chi connectivity index (χ0n) is 39.4. The van der Waals surface area contributed by atoms with Gasteiger partial charge in [0.25, 0.3) is 0 Å². The van der Waals surface area contributed by atoms with Crippen molar-refractivity contribution in [3.8, 4) is 23.3 Å². The molecule has 0 bridgehead atoms. The SMILES string of the molecule is CN1C=C(c2cc(NS(=O)(=O)C3CC3)ccc2Oc2cccc(CCCN3CCN(C4NCC(C(=O)NC5C(C)(C)C(Oc6ccc(C#N)c(Cl)c6)C5(C)C)CN4)CC3)c2F)C2CCNC2C1=O. The molecule has 364 valence electrons. The summed E-state index contributed by atoms with van der Waals surface area (Å²) in [6, 6.07) is 16.9. The number of hydrogen-bond acceptors (Lipinski definition) is 12. The number of carbonyl (C=O) groups excluding carboxylic acids is 2. The Labute approximate surface area is 404 Å². The Morgan fingerprint density at radius 3 is 2.40 bits per heavy atom. The van der Waals surface area contributed by atoms with Gasteiger partial charge in [0.15, 0.2) is 11.6 Å². The summed E-state index contributed by atoms with van der Waals surface area (Å²) in [5, 5.41) is 23.0. The van der Waals surface area contributed by atoms with Crippen LogP contribution < -0.4 is 35.5 Å². The van der Waals surface area contributed by atoms with Crippen LogP contribution in [0.25, 0.3) is 5.57 Å². The number of sulfonamides is 1. The van der Waals surface area contributed by atoms with E-state index in [1.54, 1.807) is 72.7 Å². The van der Waals surface area contributed by atoms with E-state index < -0.39 is 27.1 Å². The summed E-state index contributed by atoms with van der Waals surface area (Å²) in [5.74, 6) is 0.221. The quantitative estimate of drug-likeness (QED) is 0.130. The minimum atomic E-state index is -3.54. The van der Waals surface area contributed by atoms with Crippen LogP contribution >= 0.6 is 11.6 Å². The van der Waals surface area contributed by atoms with Gasteiger partial charge >= 0.3 is 0 Å². The molecular formula is C50H63ClFN9O6S. The van der Waals surface area contributed by atoms with Gasteiger partial charge in [0.1, 0.15) is 30.0 Å². The number of hydrogen-bond donors (Lipinski definition) is 5. The van der Waals surface area contributed by atoms with Crippen molar-refractivity contribution in [2.45, 2.75) is 89.5 Å². The number of amides is 2. The van der Waals surface area contributed by atoms with E-state index in [4.69, 9.17) is 21.1 Å². The van der Waals surface area contributed by atoms with Crippen molar-refractivity contribution in [2.75, 3.05) is 64.1 Å². The standard InChI is InChI=1S/C50H63ClFN9O6S/c1-49(2)46(50(3,4)47(49)66-34-13-11-31(26-53)39(51)25-34)57-44(62)32-27-55-48(56-28-32)61-22-20-60(21-23-61)19-7-9-30-8-6-10-41(42(30)52)67-40-16-12-33(58-68(64,65)35-14-15-35)24-37(40)38-29-59(5)45(63)43-36(38)17-18-54-43/h6,8,10-13,16,24-25,29,32,35-36,43,46-48,54-56,58H,7,9,14-15,17-23,27-28H2,1-5H3,(H,57,62). The molecule has 18 heteroatoms. The van der Waals surface area contributed by atoms with E-state index in [9.17, 15) is 23.3 Å². The largest absolute Gasteiger partial charge is 0.489 e. The first kappa shape index (κ1) is 48.2. The van der Waals surface area contributed by atoms with E-state index >= 15 is 4.39 Å². The number of carbonyl (C=O) groups is 2. The zero-order valence-corrected chi connectivity index (χ0v) is 41.0. The number of benzene rings is 3. The van der Waals surface area contributed by atoms with Gasteiger partial charge in [-0.05, 0) is 92.7 Å². The average molecular weight is 973 g/mol. The molecule has 0 radical (unpaired) electrons. The van der Waals surface area contributed by atoms with Crippen LogP contribution in [0.15, 0.2) is 60.8 Å². The lowest BCUT2D eigenvalue weighted by molar-refractivity contribution is -0.174. The second-order valence-electron chi connectivity index (χ2n) is 20.5. The molecule has 0 spiro atoms. The van der Waals surface area contributed by atoms with Crippen LogP contribution in [-0.2, 0) is 26.0 Å². The predicted molar refractivity (Wildman–Crippen MR) is 259 cm³/mol. The fourth-order valence-corrected chi connectivity index (χ4v) is 12.9. The molecule has 5 fully saturated rings. The number of anilines is 1. The van der Waals surface area contributed by atoms with Gasteiger partial charge in [-0.25, -0.2) is 12.8 Å². The third-order valence-corrected chi connectivity index (χ3v) is 17.1. The van der Waals surface area contributed by atoms with E-state index in [2.05, 4.69) is 69.6 Å². The third kappa shape index (κ3) is 9.70. The summed E-state index contributed by atoms with van der Waals surface area (Å²) in [7, 11) is -1.83. The van der Waals surface area contributed by atoms with Gasteiger partial charge in [0, 0.05) is 92.6 Å². The number of likely N-dealkylation sites (N-methyl/N-ethyl adjacent to an activating group) is 1. The first-order chi connectivity index (χ1) is 32.4. The lowest BCUT2D eigenvalue weighted by atomic mass is 9.49. The van der Waals surface area contributed by atoms with Crippen LogP contribution in [0, 0.1) is 39.8 Å². The Morgan fingerprint density at radius 2 is 1.71 bits per heavy atom. The monoisotopic (exact) mass is 971 g/mol. The van der Waals surface area contributed by atoms with E-state index in [-0.39, 0.29) is 58.7 Å². The van der Waals surface area contributed by atoms with Gasteiger partial charge in [-0.2, -0.15) is 5.26 Å². The number of aryl methyl sites for hydroxylation is 1. The third-order valence-electron chi connectivity index (χ3n) is 15.0. The normalized spacial score (nSPS) is 27.1. The molecule has 3 aromatic rings. The maximum absolute atomic E-state index is 16.3. The Morgan fingerprint density at radius 1 is 0.971 bits per heavy atom. The van der Waals surface area contributed by atoms with Gasteiger partial charge in [0.05, 0.1) is 27.8 Å². The lowest BCUT2D eigenvalue weighted by Crippen LogP contribution is -2.75. The molecule has 2 aliphatic carbocycles. The Hall–Kier alpha value is -4.80. The van der Waals surface area contributed by atoms with E-state index in [0.717, 1.165) is 51.1 Å². The molecule has 2 amide bonds. The fraction of sp³-hybridized carbons (Fsp3) is 0.540. The minimum Gasteiger partial charge on any atom is -0.489 e. The van der Waals surface area contributed by atoms with Gasteiger partial charge in [0.2, 0.25) is 21.8 Å². The van der Waals surface area contributed by atoms with Gasteiger partial charge in [-0.15, -0.1) is 0 Å². The number of fused-ring (bicyclic) bond motifs is 1. The highest BCUT2D eigenvalue weighted by Crippen LogP contribution is 2.56. The van der Waals surface area contributed by atoms with Crippen LogP contribution in [0.5, 0.6) is 17.2 Å². The molecule has 68 heavy (non-hydrogen) atoms. The number of ether oxygens (including phenoxy) is 2. The topological polar surface area (TPSA) is 180 Å². The first-order valence-corrected chi connectivity index (χ1v) is 25.8. The summed E-state index contributed by atoms with van der Waals surface area (Å²) in [5.41, 5.74) is 2.09. The van der Waals surface area contributed by atoms with Crippen molar-refractivity contribution >= 4 is 44.7 Å². The van der Waals surface area contributed by atoms with Crippen molar-refractivity contribution in [1.82, 2.24) is 36.0 Å². The second-order valence-corrected chi connectivity index (χ2v) is 22.9. The van der Waals surface area contributed by atoms with Crippen LogP contribution in [0.1, 0.15) is 70.1 Å². The number of rotatable bonds is 15. The van der Waals surface area contributed by atoms with Crippen molar-refractivity contribution in [3.05, 3.63) is 88.3 Å². The molecule has 15 nitrogen and oxygen atoms in total. The fourth-order valence-electron chi connectivity index (χ4n) is 11.3. The zero-order chi connectivity index (χ0) is 48.1. The smallest absolute Gasteiger partial charge is 0.244 e. The molecule has 3 aromatic carbocycles. The number of nitrogens with one attached hydrogen (secondary N) is 5. The van der Waals surface area contributed by atoms with E-state index in [0.29, 0.717) is 77.8 Å². The molecule has 4 heterocycles. The highest BCUT2D eigenvalue weighted by atomic mass is 35.5. The number of nitriles is 1. The van der Waals surface area contributed by atoms with Crippen LogP contribution in [0.3, 0.4) is 0 Å². The summed E-state index contributed by atoms with van der Waals surface area (Å²) >= 11 is 6.27. The van der Waals surface area contributed by atoms with Crippen LogP contribution in [-0.4, -0.2) is 124 Å². The Kier molecular flexibility index (Phi) is 13.6. The Balaban J connectivity index is 0.750. The second kappa shape index (κ2) is 19.2. The van der Waals surface area contributed by atoms with Crippen molar-refractivity contribution in [3.63, 3.8) is 0 Å². The van der Waals surface area contributed by atoms with Crippen LogP contribution in [0.2, 0.25) is 5.02 Å². The van der Waals surface area contributed by atoms with E-state index in [1.165, 1.54) is 0 Å². The molecule has 2 saturated carbocycles. The summed E-state index contributed by atoms with van der Waals surface area (Å²) < 4.78 is 57.6. The summed E-state index contributed by atoms with van der Waals surface area (Å²) in [6.45, 7) is 14.4. The maximum Gasteiger partial charge on any atom is 0.244 e. The predicted octanol–water partition coefficient (Wildman–Crippen LogP) is 5.48. The molecule has 2 atom stereocenters.